The van der Waals surface area contributed by atoms with Gasteiger partial charge in [0.25, 0.3) is 0 Å². The van der Waals surface area contributed by atoms with Crippen LogP contribution >= 0.6 is 0 Å². The van der Waals surface area contributed by atoms with Gasteiger partial charge in [-0.15, -0.1) is 0 Å². The molecule has 68 valence electrons. The molecule has 0 spiro atoms. The molecule has 4 heteroatoms. The number of carbonyl (C=O) groups excluding carboxylic acids is 2. The third kappa shape index (κ3) is 1.90. The Bertz CT molecular complexity index is 346. The predicted octanol–water partition coefficient (Wildman–Crippen LogP) is 1.07. The standard InChI is InChI=1S/C9H9NO3/c1-6(11)8-7(9(12)13-2)4-3-5-10-8/h3-5H,1-2H3. The molecule has 0 unspecified atom stereocenters. The largest absolute Gasteiger partial charge is 0.465 e. The van der Waals surface area contributed by atoms with Crippen molar-refractivity contribution >= 4 is 11.8 Å². The van der Waals surface area contributed by atoms with Crippen molar-refractivity contribution in [2.24, 2.45) is 0 Å². The Labute approximate surface area is 75.5 Å². The highest BCUT2D eigenvalue weighted by atomic mass is 16.5. The van der Waals surface area contributed by atoms with Crippen molar-refractivity contribution in [3.63, 3.8) is 0 Å². The molecule has 0 aliphatic carbocycles. The van der Waals surface area contributed by atoms with Crippen LogP contribution in [0.5, 0.6) is 0 Å². The minimum atomic E-state index is -0.543. The van der Waals surface area contributed by atoms with E-state index in [0.717, 1.165) is 0 Å². The fourth-order valence-corrected chi connectivity index (χ4v) is 0.961. The molecule has 4 nitrogen and oxygen atoms in total. The molecule has 0 aromatic carbocycles. The summed E-state index contributed by atoms with van der Waals surface area (Å²) in [6.45, 7) is 1.36. The maximum atomic E-state index is 11.1. The Hall–Kier alpha value is -1.71. The SMILES string of the molecule is COC(=O)c1cccnc1C(C)=O. The average Bonchev–Trinajstić information content (AvgIpc) is 2.16. The number of pyridine rings is 1. The zero-order chi connectivity index (χ0) is 9.84. The van der Waals surface area contributed by atoms with Crippen molar-refractivity contribution in [3.05, 3.63) is 29.6 Å². The van der Waals surface area contributed by atoms with E-state index in [1.165, 1.54) is 26.3 Å². The van der Waals surface area contributed by atoms with Crippen LogP contribution < -0.4 is 0 Å². The summed E-state index contributed by atoms with van der Waals surface area (Å²) in [5.74, 6) is -0.792. The van der Waals surface area contributed by atoms with Gasteiger partial charge in [0.05, 0.1) is 12.7 Å². The molecule has 1 heterocycles. The van der Waals surface area contributed by atoms with Crippen LogP contribution in [-0.4, -0.2) is 23.8 Å². The van der Waals surface area contributed by atoms with Gasteiger partial charge in [-0.3, -0.25) is 9.78 Å². The van der Waals surface area contributed by atoms with E-state index < -0.39 is 5.97 Å². The van der Waals surface area contributed by atoms with Gasteiger partial charge in [-0.1, -0.05) is 0 Å². The van der Waals surface area contributed by atoms with Gasteiger partial charge in [0.15, 0.2) is 5.78 Å². The van der Waals surface area contributed by atoms with Gasteiger partial charge in [0, 0.05) is 13.1 Å². The molecule has 1 aromatic rings. The van der Waals surface area contributed by atoms with Crippen molar-refractivity contribution in [1.82, 2.24) is 4.98 Å². The molecule has 0 bridgehead atoms. The van der Waals surface area contributed by atoms with Crippen LogP contribution in [0.4, 0.5) is 0 Å². The van der Waals surface area contributed by atoms with E-state index >= 15 is 0 Å². The van der Waals surface area contributed by atoms with Gasteiger partial charge in [0.2, 0.25) is 0 Å². The van der Waals surface area contributed by atoms with Crippen LogP contribution in [0.25, 0.3) is 0 Å². The van der Waals surface area contributed by atoms with Crippen LogP contribution in [0.15, 0.2) is 18.3 Å². The van der Waals surface area contributed by atoms with Crippen molar-refractivity contribution in [3.8, 4) is 0 Å². The molecule has 1 aromatic heterocycles. The second-order valence-corrected chi connectivity index (χ2v) is 2.45. The first-order valence-electron chi connectivity index (χ1n) is 3.71. The number of methoxy groups -OCH3 is 1. The topological polar surface area (TPSA) is 56.3 Å². The highest BCUT2D eigenvalue weighted by Crippen LogP contribution is 2.07. The summed E-state index contributed by atoms with van der Waals surface area (Å²) in [7, 11) is 1.26. The quantitative estimate of drug-likeness (QED) is 0.503. The second-order valence-electron chi connectivity index (χ2n) is 2.45. The number of aromatic nitrogens is 1. The lowest BCUT2D eigenvalue weighted by Gasteiger charge is -2.02. The molecular formula is C9H9NO3. The lowest BCUT2D eigenvalue weighted by molar-refractivity contribution is 0.0596. The monoisotopic (exact) mass is 179 g/mol. The zero-order valence-corrected chi connectivity index (χ0v) is 7.40. The number of ketones is 1. The van der Waals surface area contributed by atoms with E-state index in [4.69, 9.17) is 0 Å². The van der Waals surface area contributed by atoms with Gasteiger partial charge in [-0.2, -0.15) is 0 Å². The molecule has 0 fully saturated rings. The summed E-state index contributed by atoms with van der Waals surface area (Å²) in [6, 6.07) is 3.09. The Morgan fingerprint density at radius 3 is 2.69 bits per heavy atom. The zero-order valence-electron chi connectivity index (χ0n) is 7.40. The molecule has 0 atom stereocenters. The number of hydrogen-bond donors (Lipinski definition) is 0. The predicted molar refractivity (Wildman–Crippen MR) is 45.6 cm³/mol. The van der Waals surface area contributed by atoms with Crippen molar-refractivity contribution in [2.45, 2.75) is 6.92 Å². The van der Waals surface area contributed by atoms with Gasteiger partial charge >= 0.3 is 5.97 Å². The Morgan fingerprint density at radius 2 is 2.15 bits per heavy atom. The molecule has 0 aliphatic heterocycles. The smallest absolute Gasteiger partial charge is 0.340 e. The summed E-state index contributed by atoms with van der Waals surface area (Å²) in [5.41, 5.74) is 0.354. The van der Waals surface area contributed by atoms with E-state index in [2.05, 4.69) is 9.72 Å². The number of rotatable bonds is 2. The van der Waals surface area contributed by atoms with E-state index in [0.29, 0.717) is 0 Å². The van der Waals surface area contributed by atoms with E-state index in [1.54, 1.807) is 6.07 Å². The second kappa shape index (κ2) is 3.80. The molecule has 0 N–H and O–H groups in total. The van der Waals surface area contributed by atoms with Crippen LogP contribution in [0.3, 0.4) is 0 Å². The maximum Gasteiger partial charge on any atom is 0.340 e. The first kappa shape index (κ1) is 9.38. The Morgan fingerprint density at radius 1 is 1.46 bits per heavy atom. The fourth-order valence-electron chi connectivity index (χ4n) is 0.961. The van der Waals surface area contributed by atoms with Crippen molar-refractivity contribution in [2.75, 3.05) is 7.11 Å². The average molecular weight is 179 g/mol. The van der Waals surface area contributed by atoms with Gasteiger partial charge in [-0.25, -0.2) is 4.79 Å². The fraction of sp³-hybridized carbons (Fsp3) is 0.222. The Kier molecular flexibility index (Phi) is 2.74. The molecule has 0 saturated carbocycles. The maximum absolute atomic E-state index is 11.1. The highest BCUT2D eigenvalue weighted by molar-refractivity contribution is 6.03. The Balaban J connectivity index is 3.19. The van der Waals surface area contributed by atoms with E-state index in [-0.39, 0.29) is 17.0 Å². The summed E-state index contributed by atoms with van der Waals surface area (Å²) in [4.78, 5) is 25.9. The summed E-state index contributed by atoms with van der Waals surface area (Å²) < 4.78 is 4.50. The number of Topliss-reactive ketones (excluding diaryl/α,β-unsaturated/α-hetero) is 1. The lowest BCUT2D eigenvalue weighted by Crippen LogP contribution is -2.10. The number of ether oxygens (including phenoxy) is 1. The molecule has 0 saturated heterocycles. The first-order chi connectivity index (χ1) is 6.16. The van der Waals surface area contributed by atoms with Crippen LogP contribution in [-0.2, 0) is 4.74 Å². The molecule has 0 aliphatic rings. The van der Waals surface area contributed by atoms with Gasteiger partial charge < -0.3 is 4.74 Å². The normalized spacial score (nSPS) is 9.38. The number of carbonyl (C=O) groups is 2. The van der Waals surface area contributed by atoms with Crippen LogP contribution in [0.1, 0.15) is 27.8 Å². The van der Waals surface area contributed by atoms with E-state index in [1.807, 2.05) is 0 Å². The van der Waals surface area contributed by atoms with Crippen LogP contribution in [0.2, 0.25) is 0 Å². The van der Waals surface area contributed by atoms with Crippen LogP contribution in [0, 0.1) is 0 Å². The minimum absolute atomic E-state index is 0.148. The molecular weight excluding hydrogens is 170 g/mol. The van der Waals surface area contributed by atoms with Crippen molar-refractivity contribution in [1.29, 1.82) is 0 Å². The van der Waals surface area contributed by atoms with E-state index in [9.17, 15) is 9.59 Å². The minimum Gasteiger partial charge on any atom is -0.465 e. The van der Waals surface area contributed by atoms with Crippen molar-refractivity contribution < 1.29 is 14.3 Å². The van der Waals surface area contributed by atoms with Gasteiger partial charge in [-0.05, 0) is 12.1 Å². The number of esters is 1. The highest BCUT2D eigenvalue weighted by Gasteiger charge is 2.14. The lowest BCUT2D eigenvalue weighted by atomic mass is 10.1. The number of nitrogens with zero attached hydrogens (tertiary/aromatic N) is 1. The molecule has 13 heavy (non-hydrogen) atoms. The third-order valence-electron chi connectivity index (χ3n) is 1.55. The molecule has 0 amide bonds. The molecule has 0 radical (unpaired) electrons. The third-order valence-corrected chi connectivity index (χ3v) is 1.55. The first-order valence-corrected chi connectivity index (χ1v) is 3.71. The summed E-state index contributed by atoms with van der Waals surface area (Å²) >= 11 is 0. The summed E-state index contributed by atoms with van der Waals surface area (Å²) in [5, 5.41) is 0. The molecule has 1 rings (SSSR count). The number of hydrogen-bond acceptors (Lipinski definition) is 4. The van der Waals surface area contributed by atoms with Gasteiger partial charge in [0.1, 0.15) is 5.69 Å². The summed E-state index contributed by atoms with van der Waals surface area (Å²) in [6.07, 6.45) is 1.46.